The van der Waals surface area contributed by atoms with Gasteiger partial charge in [-0.3, -0.25) is 0 Å². The molecule has 232 valence electrons. The first-order chi connectivity index (χ1) is 24.8. The molecule has 50 heavy (non-hydrogen) atoms. The number of aromatic nitrogens is 2. The molecule has 0 bridgehead atoms. The predicted molar refractivity (Wildman–Crippen MR) is 213 cm³/mol. The molecule has 0 saturated heterocycles. The van der Waals surface area contributed by atoms with E-state index in [2.05, 4.69) is 191 Å². The van der Waals surface area contributed by atoms with Gasteiger partial charge in [0, 0.05) is 32.6 Å². The van der Waals surface area contributed by atoms with Crippen LogP contribution in [0.25, 0.3) is 98.4 Å². The average Bonchev–Trinajstić information content (AvgIpc) is 3.70. The fourth-order valence-electron chi connectivity index (χ4n) is 8.52. The topological polar surface area (TPSA) is 9.86 Å². The monoisotopic (exact) mass is 634 g/mol. The molecule has 0 radical (unpaired) electrons. The van der Waals surface area contributed by atoms with Gasteiger partial charge in [0.25, 0.3) is 0 Å². The van der Waals surface area contributed by atoms with Crippen molar-refractivity contribution in [2.45, 2.75) is 0 Å². The van der Waals surface area contributed by atoms with Crippen LogP contribution in [-0.2, 0) is 0 Å². The third kappa shape index (κ3) is 3.79. The summed E-state index contributed by atoms with van der Waals surface area (Å²) in [6.07, 6.45) is 0. The lowest BCUT2D eigenvalue weighted by Gasteiger charge is -2.13. The summed E-state index contributed by atoms with van der Waals surface area (Å²) in [7, 11) is 0. The molecule has 0 aliphatic rings. The molecule has 2 heterocycles. The second kappa shape index (κ2) is 10.4. The molecular weight excluding hydrogens is 605 g/mol. The number of para-hydroxylation sites is 2. The zero-order valence-corrected chi connectivity index (χ0v) is 27.2. The number of hydrogen-bond acceptors (Lipinski definition) is 0. The van der Waals surface area contributed by atoms with Gasteiger partial charge in [0.15, 0.2) is 0 Å². The minimum Gasteiger partial charge on any atom is -0.309 e. The van der Waals surface area contributed by atoms with Gasteiger partial charge in [0.05, 0.1) is 27.8 Å². The minimum absolute atomic E-state index is 1.15. The van der Waals surface area contributed by atoms with E-state index in [-0.39, 0.29) is 0 Å². The first-order valence-corrected chi connectivity index (χ1v) is 17.3. The van der Waals surface area contributed by atoms with E-state index in [9.17, 15) is 0 Å². The zero-order valence-electron chi connectivity index (χ0n) is 27.2. The number of hydrogen-bond donors (Lipinski definition) is 0. The Labute approximate surface area is 288 Å². The van der Waals surface area contributed by atoms with Gasteiger partial charge in [0.2, 0.25) is 0 Å². The zero-order chi connectivity index (χ0) is 32.8. The summed E-state index contributed by atoms with van der Waals surface area (Å²) < 4.78 is 4.94. The molecule has 0 aliphatic carbocycles. The van der Waals surface area contributed by atoms with Gasteiger partial charge >= 0.3 is 0 Å². The van der Waals surface area contributed by atoms with Crippen molar-refractivity contribution in [3.63, 3.8) is 0 Å². The van der Waals surface area contributed by atoms with E-state index in [0.29, 0.717) is 0 Å². The molecule has 0 atom stereocenters. The Hall–Kier alpha value is -6.64. The van der Waals surface area contributed by atoms with Gasteiger partial charge in [-0.15, -0.1) is 0 Å². The highest BCUT2D eigenvalue weighted by molar-refractivity contribution is 6.26. The Morgan fingerprint density at radius 3 is 1.72 bits per heavy atom. The Bertz CT molecular complexity index is 3130. The van der Waals surface area contributed by atoms with Gasteiger partial charge < -0.3 is 9.13 Å². The minimum atomic E-state index is 1.15. The van der Waals surface area contributed by atoms with Gasteiger partial charge in [-0.1, -0.05) is 140 Å². The Morgan fingerprint density at radius 2 is 0.920 bits per heavy atom. The van der Waals surface area contributed by atoms with Crippen molar-refractivity contribution in [2.75, 3.05) is 0 Å². The Kier molecular flexibility index (Phi) is 5.70. The summed E-state index contributed by atoms with van der Waals surface area (Å²) in [6, 6.07) is 66.7. The maximum atomic E-state index is 2.50. The first kappa shape index (κ1) is 27.3. The van der Waals surface area contributed by atoms with Crippen LogP contribution >= 0.6 is 0 Å². The molecule has 2 heteroatoms. The lowest BCUT2D eigenvalue weighted by atomic mass is 9.93. The molecule has 0 amide bonds. The molecule has 0 fully saturated rings. The fraction of sp³-hybridized carbons (Fsp3) is 0. The molecule has 0 spiro atoms. The Morgan fingerprint density at radius 1 is 0.320 bits per heavy atom. The van der Waals surface area contributed by atoms with E-state index >= 15 is 0 Å². The molecule has 0 unspecified atom stereocenters. The summed E-state index contributed by atoms with van der Waals surface area (Å²) in [4.78, 5) is 0. The highest BCUT2D eigenvalue weighted by atomic mass is 15.0. The van der Waals surface area contributed by atoms with Gasteiger partial charge in [-0.05, 0) is 80.5 Å². The van der Waals surface area contributed by atoms with Crippen molar-refractivity contribution < 1.29 is 0 Å². The lowest BCUT2D eigenvalue weighted by Crippen LogP contribution is -1.96. The van der Waals surface area contributed by atoms with Crippen LogP contribution in [0.4, 0.5) is 0 Å². The van der Waals surface area contributed by atoms with Crippen molar-refractivity contribution in [2.24, 2.45) is 0 Å². The maximum Gasteiger partial charge on any atom is 0.0641 e. The molecule has 0 saturated carbocycles. The summed E-state index contributed by atoms with van der Waals surface area (Å²) >= 11 is 0. The fourth-order valence-corrected chi connectivity index (χ4v) is 8.52. The van der Waals surface area contributed by atoms with Crippen molar-refractivity contribution in [1.82, 2.24) is 9.13 Å². The normalized spacial score (nSPS) is 12.0. The molecule has 11 rings (SSSR count). The smallest absolute Gasteiger partial charge is 0.0641 e. The highest BCUT2D eigenvalue weighted by Crippen LogP contribution is 2.43. The van der Waals surface area contributed by atoms with Crippen molar-refractivity contribution >= 4 is 75.9 Å². The lowest BCUT2D eigenvalue weighted by molar-refractivity contribution is 1.18. The summed E-state index contributed by atoms with van der Waals surface area (Å²) in [5, 5.41) is 12.7. The van der Waals surface area contributed by atoms with Crippen LogP contribution in [0.2, 0.25) is 0 Å². The van der Waals surface area contributed by atoms with Crippen LogP contribution in [0.1, 0.15) is 0 Å². The molecule has 2 aromatic heterocycles. The van der Waals surface area contributed by atoms with Crippen molar-refractivity contribution in [1.29, 1.82) is 0 Å². The second-order valence-corrected chi connectivity index (χ2v) is 13.3. The van der Waals surface area contributed by atoms with Crippen LogP contribution in [0, 0.1) is 0 Å². The largest absolute Gasteiger partial charge is 0.309 e. The van der Waals surface area contributed by atoms with E-state index in [4.69, 9.17) is 0 Å². The predicted octanol–water partition coefficient (Wildman–Crippen LogP) is 13.0. The summed E-state index contributed by atoms with van der Waals surface area (Å²) in [5.41, 5.74) is 9.69. The molecule has 0 N–H and O–H groups in total. The maximum absolute atomic E-state index is 2.50. The van der Waals surface area contributed by atoms with Gasteiger partial charge in [-0.2, -0.15) is 0 Å². The van der Waals surface area contributed by atoms with Crippen LogP contribution in [-0.4, -0.2) is 9.13 Å². The molecule has 9 aromatic carbocycles. The number of benzene rings is 9. The number of rotatable bonds is 3. The molecule has 2 nitrogen and oxygen atoms in total. The van der Waals surface area contributed by atoms with E-state index in [1.165, 1.54) is 92.7 Å². The van der Waals surface area contributed by atoms with Crippen LogP contribution in [0.3, 0.4) is 0 Å². The first-order valence-electron chi connectivity index (χ1n) is 17.3. The quantitative estimate of drug-likeness (QED) is 0.171. The summed E-state index contributed by atoms with van der Waals surface area (Å²) in [6.45, 7) is 0. The number of fused-ring (bicyclic) bond motifs is 11. The second-order valence-electron chi connectivity index (χ2n) is 13.3. The van der Waals surface area contributed by atoms with E-state index < -0.39 is 0 Å². The summed E-state index contributed by atoms with van der Waals surface area (Å²) in [5.74, 6) is 0. The SMILES string of the molecule is c1ccc2c(-n3c4ccccc4c4ccc5c(c6ccccc6n5-c5ccc(-c6cc7ccccc7c7ccccc67)cc5)c43)cccc2c1. The van der Waals surface area contributed by atoms with Crippen molar-refractivity contribution in [3.8, 4) is 22.5 Å². The highest BCUT2D eigenvalue weighted by Gasteiger charge is 2.21. The average molecular weight is 635 g/mol. The van der Waals surface area contributed by atoms with E-state index in [0.717, 1.165) is 5.69 Å². The molecule has 0 aliphatic heterocycles. The van der Waals surface area contributed by atoms with Crippen LogP contribution in [0.15, 0.2) is 182 Å². The molecule has 11 aromatic rings. The van der Waals surface area contributed by atoms with Crippen molar-refractivity contribution in [3.05, 3.63) is 182 Å². The van der Waals surface area contributed by atoms with Crippen LogP contribution < -0.4 is 0 Å². The van der Waals surface area contributed by atoms with Gasteiger partial charge in [0.1, 0.15) is 0 Å². The Balaban J connectivity index is 1.19. The van der Waals surface area contributed by atoms with E-state index in [1.54, 1.807) is 0 Å². The third-order valence-electron chi connectivity index (χ3n) is 10.7. The third-order valence-corrected chi connectivity index (χ3v) is 10.7. The standard InChI is InChI=1S/C48H30N2/c1-4-16-36-31(12-1)14-11-23-43(36)50-44-21-9-7-19-39(44)40-28-29-46-47(48(40)50)41-20-8-10-22-45(41)49(46)34-26-24-32(25-27-34)42-30-33-13-2-3-15-35(33)37-17-5-6-18-38(37)42/h1-30H. The number of nitrogens with zero attached hydrogens (tertiary/aromatic N) is 2. The van der Waals surface area contributed by atoms with Crippen LogP contribution in [0.5, 0.6) is 0 Å². The van der Waals surface area contributed by atoms with E-state index in [1.807, 2.05) is 0 Å². The molecular formula is C48H30N2. The van der Waals surface area contributed by atoms with Gasteiger partial charge in [-0.25, -0.2) is 0 Å².